The molecule has 0 saturated carbocycles. The molecule has 1 aromatic carbocycles. The molecule has 0 spiro atoms. The highest BCUT2D eigenvalue weighted by molar-refractivity contribution is 5.17. The highest BCUT2D eigenvalue weighted by Gasteiger charge is 2.04. The number of benzene rings is 1. The van der Waals surface area contributed by atoms with Gasteiger partial charge in [0, 0.05) is 13.2 Å². The Balaban J connectivity index is 0.000000288. The topological polar surface area (TPSA) is 35.2 Å². The normalized spacial score (nSPS) is 12.7. The van der Waals surface area contributed by atoms with Crippen LogP contribution in [0.15, 0.2) is 30.3 Å². The molecule has 1 atom stereocenters. The summed E-state index contributed by atoms with van der Waals surface area (Å²) in [6, 6.07) is 10.2. The monoisotopic (exact) mass is 209 g/mol. The number of hydrogen-bond donors (Lipinski definition) is 1. The van der Waals surface area contributed by atoms with E-state index in [2.05, 4.69) is 0 Å². The van der Waals surface area contributed by atoms with E-state index >= 15 is 0 Å². The minimum Gasteiger partial charge on any atom is -0.379 e. The van der Waals surface area contributed by atoms with Gasteiger partial charge in [-0.1, -0.05) is 30.3 Å². The highest BCUT2D eigenvalue weighted by atomic mass is 16.5. The molecule has 2 N–H and O–H groups in total. The lowest BCUT2D eigenvalue weighted by Gasteiger charge is -2.14. The zero-order valence-electron chi connectivity index (χ0n) is 10.4. The van der Waals surface area contributed by atoms with Gasteiger partial charge in [-0.05, 0) is 33.3 Å². The fraction of sp³-hybridized carbons (Fsp3) is 0.538. The first-order valence-electron chi connectivity index (χ1n) is 5.22. The molecular formula is C13H23NO. The van der Waals surface area contributed by atoms with Crippen molar-refractivity contribution in [1.82, 2.24) is 0 Å². The van der Waals surface area contributed by atoms with Crippen molar-refractivity contribution < 1.29 is 4.74 Å². The van der Waals surface area contributed by atoms with Crippen molar-refractivity contribution in [2.75, 3.05) is 7.11 Å². The zero-order valence-corrected chi connectivity index (χ0v) is 10.4. The second-order valence-electron chi connectivity index (χ2n) is 4.52. The largest absolute Gasteiger partial charge is 0.379 e. The maximum absolute atomic E-state index is 5.61. The SMILES string of the molecule is CC(N)c1ccccc1.COC(C)(C)C. The van der Waals surface area contributed by atoms with Crippen molar-refractivity contribution in [3.8, 4) is 0 Å². The molecule has 1 rings (SSSR count). The number of ether oxygens (including phenoxy) is 1. The van der Waals surface area contributed by atoms with Gasteiger partial charge in [0.1, 0.15) is 0 Å². The van der Waals surface area contributed by atoms with E-state index in [4.69, 9.17) is 10.5 Å². The van der Waals surface area contributed by atoms with Crippen molar-refractivity contribution in [2.45, 2.75) is 39.3 Å². The van der Waals surface area contributed by atoms with Gasteiger partial charge in [-0.3, -0.25) is 0 Å². The van der Waals surface area contributed by atoms with Gasteiger partial charge in [0.05, 0.1) is 5.60 Å². The summed E-state index contributed by atoms with van der Waals surface area (Å²) in [5, 5.41) is 0. The quantitative estimate of drug-likeness (QED) is 0.771. The summed E-state index contributed by atoms with van der Waals surface area (Å²) < 4.78 is 4.94. The minimum atomic E-state index is 0.0417. The fourth-order valence-electron chi connectivity index (χ4n) is 0.757. The smallest absolute Gasteiger partial charge is 0.0594 e. The number of rotatable bonds is 1. The van der Waals surface area contributed by atoms with Crippen LogP contribution in [0.3, 0.4) is 0 Å². The molecule has 0 aliphatic rings. The van der Waals surface area contributed by atoms with Crippen LogP contribution in [-0.4, -0.2) is 12.7 Å². The third-order valence-corrected chi connectivity index (χ3v) is 1.94. The van der Waals surface area contributed by atoms with Crippen molar-refractivity contribution in [2.24, 2.45) is 5.73 Å². The molecule has 86 valence electrons. The lowest BCUT2D eigenvalue weighted by atomic mass is 10.1. The Labute approximate surface area is 93.4 Å². The van der Waals surface area contributed by atoms with Crippen molar-refractivity contribution in [3.05, 3.63) is 35.9 Å². The van der Waals surface area contributed by atoms with E-state index in [-0.39, 0.29) is 11.6 Å². The first-order chi connectivity index (χ1) is 6.87. The maximum Gasteiger partial charge on any atom is 0.0594 e. The third-order valence-electron chi connectivity index (χ3n) is 1.94. The molecule has 0 fully saturated rings. The number of nitrogens with two attached hydrogens (primary N) is 1. The molecule has 0 amide bonds. The lowest BCUT2D eigenvalue weighted by Crippen LogP contribution is -2.15. The molecule has 2 heteroatoms. The predicted molar refractivity (Wildman–Crippen MR) is 65.8 cm³/mol. The van der Waals surface area contributed by atoms with Gasteiger partial charge < -0.3 is 10.5 Å². The Kier molecular flexibility index (Phi) is 6.21. The highest BCUT2D eigenvalue weighted by Crippen LogP contribution is 2.06. The van der Waals surface area contributed by atoms with E-state index in [9.17, 15) is 0 Å². The summed E-state index contributed by atoms with van der Waals surface area (Å²) in [4.78, 5) is 0. The van der Waals surface area contributed by atoms with Crippen LogP contribution < -0.4 is 5.73 Å². The van der Waals surface area contributed by atoms with Crippen LogP contribution in [0.1, 0.15) is 39.3 Å². The molecule has 1 aromatic rings. The van der Waals surface area contributed by atoms with Gasteiger partial charge in [-0.15, -0.1) is 0 Å². The molecule has 0 aliphatic carbocycles. The molecule has 0 aliphatic heterocycles. The molecule has 0 heterocycles. The van der Waals surface area contributed by atoms with Gasteiger partial charge in [0.25, 0.3) is 0 Å². The van der Waals surface area contributed by atoms with E-state index in [1.807, 2.05) is 58.0 Å². The van der Waals surface area contributed by atoms with E-state index in [0.717, 1.165) is 0 Å². The molecule has 2 nitrogen and oxygen atoms in total. The Morgan fingerprint density at radius 3 is 1.73 bits per heavy atom. The summed E-state index contributed by atoms with van der Waals surface area (Å²) in [5.41, 5.74) is 6.85. The lowest BCUT2D eigenvalue weighted by molar-refractivity contribution is 0.0397. The number of hydrogen-bond acceptors (Lipinski definition) is 2. The second kappa shape index (κ2) is 6.59. The third kappa shape index (κ3) is 8.16. The zero-order chi connectivity index (χ0) is 11.9. The number of methoxy groups -OCH3 is 1. The average molecular weight is 209 g/mol. The van der Waals surface area contributed by atoms with Crippen molar-refractivity contribution in [1.29, 1.82) is 0 Å². The summed E-state index contributed by atoms with van der Waals surface area (Å²) in [7, 11) is 1.71. The van der Waals surface area contributed by atoms with Crippen LogP contribution in [0.5, 0.6) is 0 Å². The van der Waals surface area contributed by atoms with Gasteiger partial charge >= 0.3 is 0 Å². The summed E-state index contributed by atoms with van der Waals surface area (Å²) >= 11 is 0. The van der Waals surface area contributed by atoms with Crippen LogP contribution >= 0.6 is 0 Å². The van der Waals surface area contributed by atoms with Crippen LogP contribution in [-0.2, 0) is 4.74 Å². The van der Waals surface area contributed by atoms with Crippen LogP contribution in [0, 0.1) is 0 Å². The molecule has 0 bridgehead atoms. The van der Waals surface area contributed by atoms with E-state index in [1.54, 1.807) is 7.11 Å². The first-order valence-corrected chi connectivity index (χ1v) is 5.22. The van der Waals surface area contributed by atoms with Crippen molar-refractivity contribution >= 4 is 0 Å². The summed E-state index contributed by atoms with van der Waals surface area (Å²) in [6.07, 6.45) is 0. The Hall–Kier alpha value is -0.860. The molecule has 0 saturated heterocycles. The molecule has 0 aromatic heterocycles. The van der Waals surface area contributed by atoms with Crippen LogP contribution in [0.2, 0.25) is 0 Å². The van der Waals surface area contributed by atoms with Gasteiger partial charge in [-0.2, -0.15) is 0 Å². The average Bonchev–Trinajstić information content (AvgIpc) is 2.19. The van der Waals surface area contributed by atoms with Gasteiger partial charge in [0.2, 0.25) is 0 Å². The molecular weight excluding hydrogens is 186 g/mol. The Morgan fingerprint density at radius 1 is 1.13 bits per heavy atom. The maximum atomic E-state index is 5.61. The predicted octanol–water partition coefficient (Wildman–Crippen LogP) is 3.14. The fourth-order valence-corrected chi connectivity index (χ4v) is 0.757. The van der Waals surface area contributed by atoms with Gasteiger partial charge in [-0.25, -0.2) is 0 Å². The Morgan fingerprint density at radius 2 is 1.53 bits per heavy atom. The van der Waals surface area contributed by atoms with E-state index in [1.165, 1.54) is 5.56 Å². The molecule has 1 unspecified atom stereocenters. The molecule has 15 heavy (non-hydrogen) atoms. The van der Waals surface area contributed by atoms with E-state index < -0.39 is 0 Å². The first kappa shape index (κ1) is 14.1. The second-order valence-corrected chi connectivity index (χ2v) is 4.52. The summed E-state index contributed by atoms with van der Waals surface area (Å²) in [5.74, 6) is 0. The van der Waals surface area contributed by atoms with Gasteiger partial charge in [0.15, 0.2) is 0 Å². The van der Waals surface area contributed by atoms with Crippen LogP contribution in [0.4, 0.5) is 0 Å². The minimum absolute atomic E-state index is 0.0417. The summed E-state index contributed by atoms with van der Waals surface area (Å²) in [6.45, 7) is 8.04. The van der Waals surface area contributed by atoms with E-state index in [0.29, 0.717) is 0 Å². The molecule has 0 radical (unpaired) electrons. The van der Waals surface area contributed by atoms with Crippen LogP contribution in [0.25, 0.3) is 0 Å². The standard InChI is InChI=1S/C8H11N.C5H12O/c1-7(9)8-5-3-2-4-6-8;1-5(2,3)6-4/h2-7H,9H2,1H3;1-4H3. The van der Waals surface area contributed by atoms with Crippen molar-refractivity contribution in [3.63, 3.8) is 0 Å². The Bertz CT molecular complexity index is 249.